The van der Waals surface area contributed by atoms with E-state index in [4.69, 9.17) is 5.11 Å². The molecule has 110 valence electrons. The Kier molecular flexibility index (Phi) is 13.6. The minimum atomic E-state index is -1.06. The molecule has 2 N–H and O–H groups in total. The smallest absolute Gasteiger partial charge is 0.0655 e. The van der Waals surface area contributed by atoms with E-state index < -0.39 is 16.9 Å². The minimum Gasteiger partial charge on any atom is -0.395 e. The Morgan fingerprint density at radius 2 is 1.56 bits per heavy atom. The van der Waals surface area contributed by atoms with Crippen molar-refractivity contribution in [2.45, 2.75) is 70.8 Å². The van der Waals surface area contributed by atoms with E-state index in [1.165, 1.54) is 38.5 Å². The maximum atomic E-state index is 11.3. The molecule has 0 aromatic heterocycles. The Labute approximate surface area is 114 Å². The fourth-order valence-corrected chi connectivity index (χ4v) is 2.96. The van der Waals surface area contributed by atoms with Gasteiger partial charge in [0.25, 0.3) is 0 Å². The Balaban J connectivity index is 3.24. The maximum absolute atomic E-state index is 11.3. The molecule has 0 aromatic carbocycles. The highest BCUT2D eigenvalue weighted by molar-refractivity contribution is 7.85. The molecule has 0 aliphatic heterocycles. The number of rotatable bonds is 13. The second kappa shape index (κ2) is 13.5. The van der Waals surface area contributed by atoms with Crippen LogP contribution in [-0.2, 0) is 10.8 Å². The Morgan fingerprint density at radius 1 is 1.00 bits per heavy atom. The van der Waals surface area contributed by atoms with Gasteiger partial charge in [-0.3, -0.25) is 4.21 Å². The number of hydrogen-bond acceptors (Lipinski definition) is 3. The molecule has 2 unspecified atom stereocenters. The van der Waals surface area contributed by atoms with Gasteiger partial charge in [-0.25, -0.2) is 0 Å². The first kappa shape index (κ1) is 18.1. The van der Waals surface area contributed by atoms with Crippen LogP contribution in [-0.4, -0.2) is 38.6 Å². The molecule has 0 heterocycles. The average molecular weight is 278 g/mol. The van der Waals surface area contributed by atoms with Gasteiger partial charge >= 0.3 is 0 Å². The molecule has 0 aromatic rings. The van der Waals surface area contributed by atoms with E-state index in [0.29, 0.717) is 5.75 Å². The molecular formula is C14H30O3S. The largest absolute Gasteiger partial charge is 0.395 e. The summed E-state index contributed by atoms with van der Waals surface area (Å²) in [6.07, 6.45) is 10.3. The summed E-state index contributed by atoms with van der Waals surface area (Å²) in [6.45, 7) is 2.17. The van der Waals surface area contributed by atoms with Crippen LogP contribution in [0, 0.1) is 0 Å². The van der Waals surface area contributed by atoms with Crippen molar-refractivity contribution in [1.29, 1.82) is 0 Å². The SMILES string of the molecule is CCCCCCCCCCC(O)CS(=O)CCO. The van der Waals surface area contributed by atoms with Crippen LogP contribution in [0.15, 0.2) is 0 Å². The number of aliphatic hydroxyl groups excluding tert-OH is 2. The van der Waals surface area contributed by atoms with E-state index in [0.717, 1.165) is 19.3 Å². The number of hydrogen-bond donors (Lipinski definition) is 2. The Hall–Kier alpha value is 0.0700. The molecule has 2 atom stereocenters. The molecule has 4 heteroatoms. The summed E-state index contributed by atoms with van der Waals surface area (Å²) < 4.78 is 11.3. The summed E-state index contributed by atoms with van der Waals surface area (Å²) >= 11 is 0. The number of aliphatic hydroxyl groups is 2. The fraction of sp³-hybridized carbons (Fsp3) is 1.00. The van der Waals surface area contributed by atoms with Gasteiger partial charge in [-0.15, -0.1) is 0 Å². The topological polar surface area (TPSA) is 57.5 Å². The lowest BCUT2D eigenvalue weighted by atomic mass is 10.1. The summed E-state index contributed by atoms with van der Waals surface area (Å²) in [7, 11) is -1.06. The van der Waals surface area contributed by atoms with Crippen LogP contribution in [0.2, 0.25) is 0 Å². The minimum absolute atomic E-state index is 0.0584. The van der Waals surface area contributed by atoms with Crippen molar-refractivity contribution in [3.05, 3.63) is 0 Å². The predicted octanol–water partition coefficient (Wildman–Crippen LogP) is 2.62. The number of unbranched alkanes of at least 4 members (excludes halogenated alkanes) is 7. The summed E-state index contributed by atoms with van der Waals surface area (Å²) in [5.41, 5.74) is 0. The van der Waals surface area contributed by atoms with Crippen molar-refractivity contribution >= 4 is 10.8 Å². The molecule has 0 spiro atoms. The quantitative estimate of drug-likeness (QED) is 0.509. The fourth-order valence-electron chi connectivity index (χ4n) is 2.00. The Bertz CT molecular complexity index is 197. The molecule has 0 fully saturated rings. The van der Waals surface area contributed by atoms with Gasteiger partial charge in [0, 0.05) is 22.3 Å². The van der Waals surface area contributed by atoms with E-state index in [2.05, 4.69) is 6.92 Å². The van der Waals surface area contributed by atoms with E-state index in [9.17, 15) is 9.32 Å². The lowest BCUT2D eigenvalue weighted by molar-refractivity contribution is 0.183. The molecule has 0 saturated heterocycles. The van der Waals surface area contributed by atoms with E-state index in [-0.39, 0.29) is 12.4 Å². The first-order valence-corrected chi connectivity index (χ1v) is 8.83. The van der Waals surface area contributed by atoms with Gasteiger partial charge in [0.1, 0.15) is 0 Å². The first-order chi connectivity index (χ1) is 8.70. The zero-order valence-electron chi connectivity index (χ0n) is 11.8. The highest BCUT2D eigenvalue weighted by Gasteiger charge is 2.08. The molecule has 0 aliphatic rings. The highest BCUT2D eigenvalue weighted by atomic mass is 32.2. The van der Waals surface area contributed by atoms with E-state index in [1.54, 1.807) is 0 Å². The molecule has 0 saturated carbocycles. The lowest BCUT2D eigenvalue weighted by Gasteiger charge is -2.09. The zero-order chi connectivity index (χ0) is 13.6. The third-order valence-electron chi connectivity index (χ3n) is 3.09. The van der Waals surface area contributed by atoms with Crippen LogP contribution in [0.25, 0.3) is 0 Å². The molecule has 0 aliphatic carbocycles. The van der Waals surface area contributed by atoms with Crippen LogP contribution in [0.5, 0.6) is 0 Å². The van der Waals surface area contributed by atoms with E-state index >= 15 is 0 Å². The predicted molar refractivity (Wildman–Crippen MR) is 78.2 cm³/mol. The summed E-state index contributed by atoms with van der Waals surface area (Å²) in [5.74, 6) is 0.603. The average Bonchev–Trinajstić information content (AvgIpc) is 2.32. The monoisotopic (exact) mass is 278 g/mol. The van der Waals surface area contributed by atoms with Crippen molar-refractivity contribution < 1.29 is 14.4 Å². The second-order valence-electron chi connectivity index (χ2n) is 4.95. The van der Waals surface area contributed by atoms with Crippen LogP contribution >= 0.6 is 0 Å². The van der Waals surface area contributed by atoms with Crippen molar-refractivity contribution in [2.24, 2.45) is 0 Å². The second-order valence-corrected chi connectivity index (χ2v) is 6.57. The lowest BCUT2D eigenvalue weighted by Crippen LogP contribution is -2.19. The first-order valence-electron chi connectivity index (χ1n) is 7.34. The molecule has 0 amide bonds. The van der Waals surface area contributed by atoms with Gasteiger partial charge in [0.2, 0.25) is 0 Å². The van der Waals surface area contributed by atoms with E-state index in [1.807, 2.05) is 0 Å². The van der Waals surface area contributed by atoms with Gasteiger partial charge in [-0.2, -0.15) is 0 Å². The van der Waals surface area contributed by atoms with Crippen LogP contribution in [0.4, 0.5) is 0 Å². The van der Waals surface area contributed by atoms with Crippen molar-refractivity contribution in [3.8, 4) is 0 Å². The van der Waals surface area contributed by atoms with Crippen molar-refractivity contribution in [3.63, 3.8) is 0 Å². The zero-order valence-corrected chi connectivity index (χ0v) is 12.6. The summed E-state index contributed by atoms with van der Waals surface area (Å²) in [4.78, 5) is 0. The van der Waals surface area contributed by atoms with Crippen molar-refractivity contribution in [1.82, 2.24) is 0 Å². The normalized spacial score (nSPS) is 14.6. The third kappa shape index (κ3) is 12.5. The van der Waals surface area contributed by atoms with Gasteiger partial charge in [0.05, 0.1) is 12.7 Å². The van der Waals surface area contributed by atoms with Crippen LogP contribution < -0.4 is 0 Å². The van der Waals surface area contributed by atoms with Gasteiger partial charge in [0.15, 0.2) is 0 Å². The standard InChI is InChI=1S/C14H30O3S/c1-2-3-4-5-6-7-8-9-10-14(16)13-18(17)12-11-15/h14-16H,2-13H2,1H3. The highest BCUT2D eigenvalue weighted by Crippen LogP contribution is 2.11. The maximum Gasteiger partial charge on any atom is 0.0655 e. The molecule has 18 heavy (non-hydrogen) atoms. The van der Waals surface area contributed by atoms with Gasteiger partial charge in [-0.05, 0) is 6.42 Å². The third-order valence-corrected chi connectivity index (χ3v) is 4.48. The summed E-state index contributed by atoms with van der Waals surface area (Å²) in [6, 6.07) is 0. The van der Waals surface area contributed by atoms with Gasteiger partial charge < -0.3 is 10.2 Å². The Morgan fingerprint density at radius 3 is 2.11 bits per heavy atom. The van der Waals surface area contributed by atoms with Gasteiger partial charge in [-0.1, -0.05) is 58.3 Å². The molecule has 0 rings (SSSR count). The molecular weight excluding hydrogens is 248 g/mol. The van der Waals surface area contributed by atoms with Crippen molar-refractivity contribution in [2.75, 3.05) is 18.1 Å². The van der Waals surface area contributed by atoms with Crippen LogP contribution in [0.3, 0.4) is 0 Å². The molecule has 0 bridgehead atoms. The summed E-state index contributed by atoms with van der Waals surface area (Å²) in [5, 5.41) is 18.3. The van der Waals surface area contributed by atoms with Crippen LogP contribution in [0.1, 0.15) is 64.7 Å². The molecule has 3 nitrogen and oxygen atoms in total. The molecule has 0 radical (unpaired) electrons.